The molecule has 0 radical (unpaired) electrons. The quantitative estimate of drug-likeness (QED) is 0.805. The highest BCUT2D eigenvalue weighted by Crippen LogP contribution is 2.50. The molecule has 2 atom stereocenters. The molecule has 2 N–H and O–H groups in total. The molecule has 25 heavy (non-hydrogen) atoms. The van der Waals surface area contributed by atoms with Gasteiger partial charge in [-0.25, -0.2) is 0 Å². The number of fused-ring (bicyclic) bond motifs is 3. The standard InChI is InChI=1S/C22H25BrN2/c1-16-14-24-22(13-12-17-8-10-18(23)11-9-17)21(2,3)19-6-4-5-7-20(19)25(22)15-16/h4-13,16,24H,14-15H2,1-3H3/p+1/b13-12+/t16-,22+/m1/s1. The molecule has 0 amide bonds. The zero-order chi connectivity index (χ0) is 17.7. The Balaban J connectivity index is 1.81. The number of rotatable bonds is 2. The molecule has 2 aliphatic rings. The summed E-state index contributed by atoms with van der Waals surface area (Å²) in [7, 11) is 0. The molecule has 0 spiro atoms. The van der Waals surface area contributed by atoms with Crippen LogP contribution in [0.4, 0.5) is 5.69 Å². The van der Waals surface area contributed by atoms with Crippen molar-refractivity contribution in [3.63, 3.8) is 0 Å². The fourth-order valence-corrected chi connectivity index (χ4v) is 4.80. The van der Waals surface area contributed by atoms with Crippen molar-refractivity contribution in [2.75, 3.05) is 18.0 Å². The summed E-state index contributed by atoms with van der Waals surface area (Å²) in [5.74, 6) is 0.691. The largest absolute Gasteiger partial charge is 0.320 e. The molecule has 2 aliphatic heterocycles. The summed E-state index contributed by atoms with van der Waals surface area (Å²) in [4.78, 5) is 2.63. The highest BCUT2D eigenvalue weighted by atomic mass is 79.9. The van der Waals surface area contributed by atoms with Gasteiger partial charge in [-0.15, -0.1) is 0 Å². The Kier molecular flexibility index (Phi) is 4.04. The minimum absolute atomic E-state index is 0.0512. The maximum absolute atomic E-state index is 3.52. The first-order valence-electron chi connectivity index (χ1n) is 9.10. The van der Waals surface area contributed by atoms with E-state index in [4.69, 9.17) is 0 Å². The lowest BCUT2D eigenvalue weighted by Crippen LogP contribution is -3.06. The number of nitrogens with zero attached hydrogens (tertiary/aromatic N) is 1. The van der Waals surface area contributed by atoms with Crippen LogP contribution in [0.15, 0.2) is 59.1 Å². The summed E-state index contributed by atoms with van der Waals surface area (Å²) in [6, 6.07) is 17.5. The van der Waals surface area contributed by atoms with Crippen LogP contribution in [0.3, 0.4) is 0 Å². The monoisotopic (exact) mass is 397 g/mol. The van der Waals surface area contributed by atoms with Gasteiger partial charge in [-0.1, -0.05) is 59.3 Å². The third-order valence-corrected chi connectivity index (χ3v) is 6.57. The second-order valence-corrected chi connectivity index (χ2v) is 8.92. The molecule has 2 aromatic rings. The van der Waals surface area contributed by atoms with Crippen LogP contribution in [0.2, 0.25) is 0 Å². The zero-order valence-electron chi connectivity index (χ0n) is 15.2. The van der Waals surface area contributed by atoms with E-state index < -0.39 is 0 Å². The highest BCUT2D eigenvalue weighted by Gasteiger charge is 2.60. The van der Waals surface area contributed by atoms with Crippen LogP contribution in [0.1, 0.15) is 31.9 Å². The van der Waals surface area contributed by atoms with Crippen molar-refractivity contribution in [1.82, 2.24) is 0 Å². The molecule has 1 saturated heterocycles. The van der Waals surface area contributed by atoms with Crippen LogP contribution in [0.25, 0.3) is 6.08 Å². The molecule has 130 valence electrons. The third kappa shape index (κ3) is 2.56. The van der Waals surface area contributed by atoms with E-state index in [1.807, 2.05) is 0 Å². The Hall–Kier alpha value is -1.58. The molecule has 4 rings (SSSR count). The van der Waals surface area contributed by atoms with Crippen molar-refractivity contribution >= 4 is 27.7 Å². The zero-order valence-corrected chi connectivity index (χ0v) is 16.8. The van der Waals surface area contributed by atoms with Crippen molar-refractivity contribution < 1.29 is 5.32 Å². The van der Waals surface area contributed by atoms with E-state index in [1.54, 1.807) is 0 Å². The van der Waals surface area contributed by atoms with Crippen LogP contribution in [0, 0.1) is 5.92 Å². The molecule has 1 fully saturated rings. The van der Waals surface area contributed by atoms with E-state index in [1.165, 1.54) is 23.4 Å². The first-order valence-corrected chi connectivity index (χ1v) is 9.90. The molecule has 2 nitrogen and oxygen atoms in total. The lowest BCUT2D eigenvalue weighted by molar-refractivity contribution is -0.733. The van der Waals surface area contributed by atoms with Gasteiger partial charge in [0, 0.05) is 22.6 Å². The number of hydrogen-bond donors (Lipinski definition) is 1. The maximum Gasteiger partial charge on any atom is 0.200 e. The van der Waals surface area contributed by atoms with Crippen molar-refractivity contribution in [2.24, 2.45) is 5.92 Å². The molecule has 0 aromatic heterocycles. The maximum atomic E-state index is 3.52. The Morgan fingerprint density at radius 1 is 1.12 bits per heavy atom. The van der Waals surface area contributed by atoms with Gasteiger partial charge in [-0.3, -0.25) is 0 Å². The Bertz CT molecular complexity index is 809. The highest BCUT2D eigenvalue weighted by molar-refractivity contribution is 9.10. The van der Waals surface area contributed by atoms with Gasteiger partial charge in [0.25, 0.3) is 0 Å². The number of benzene rings is 2. The summed E-state index contributed by atoms with van der Waals surface area (Å²) in [6.45, 7) is 9.42. The van der Waals surface area contributed by atoms with Gasteiger partial charge >= 0.3 is 0 Å². The Labute approximate surface area is 159 Å². The molecular formula is C22H26BrN2+. The second kappa shape index (κ2) is 6.00. The lowest BCUT2D eigenvalue weighted by Gasteiger charge is -2.47. The van der Waals surface area contributed by atoms with Gasteiger partial charge in [0.1, 0.15) is 0 Å². The van der Waals surface area contributed by atoms with E-state index in [-0.39, 0.29) is 11.1 Å². The summed E-state index contributed by atoms with van der Waals surface area (Å²) in [6.07, 6.45) is 4.72. The van der Waals surface area contributed by atoms with Crippen molar-refractivity contribution in [3.05, 3.63) is 70.2 Å². The average Bonchev–Trinajstić information content (AvgIpc) is 2.80. The minimum Gasteiger partial charge on any atom is -0.320 e. The Morgan fingerprint density at radius 2 is 1.84 bits per heavy atom. The molecule has 0 bridgehead atoms. The van der Waals surface area contributed by atoms with E-state index in [9.17, 15) is 0 Å². The van der Waals surface area contributed by atoms with Gasteiger partial charge in [0.15, 0.2) is 0 Å². The lowest BCUT2D eigenvalue weighted by atomic mass is 9.74. The predicted molar refractivity (Wildman–Crippen MR) is 109 cm³/mol. The molecule has 0 unspecified atom stereocenters. The van der Waals surface area contributed by atoms with Gasteiger partial charge < -0.3 is 10.2 Å². The first-order chi connectivity index (χ1) is 11.9. The van der Waals surface area contributed by atoms with Crippen LogP contribution in [-0.4, -0.2) is 18.8 Å². The summed E-state index contributed by atoms with van der Waals surface area (Å²) in [5.41, 5.74) is 4.10. The second-order valence-electron chi connectivity index (χ2n) is 8.01. The van der Waals surface area contributed by atoms with Gasteiger partial charge in [-0.05, 0) is 49.2 Å². The number of nitrogens with two attached hydrogens (primary N) is 1. The fourth-order valence-electron chi connectivity index (χ4n) is 4.54. The van der Waals surface area contributed by atoms with E-state index in [0.717, 1.165) is 11.0 Å². The molecule has 3 heteroatoms. The Morgan fingerprint density at radius 3 is 2.60 bits per heavy atom. The SMILES string of the molecule is C[C@@H]1C[NH2+][C@@]2(/C=C/c3ccc(Br)cc3)N(C1)c1ccccc1C2(C)C. The van der Waals surface area contributed by atoms with E-state index >= 15 is 0 Å². The summed E-state index contributed by atoms with van der Waals surface area (Å²) < 4.78 is 1.12. The van der Waals surface area contributed by atoms with Crippen LogP contribution in [-0.2, 0) is 5.41 Å². The molecule has 0 saturated carbocycles. The van der Waals surface area contributed by atoms with Crippen LogP contribution >= 0.6 is 15.9 Å². The first kappa shape index (κ1) is 16.9. The minimum atomic E-state index is -0.0593. The van der Waals surface area contributed by atoms with Crippen LogP contribution in [0.5, 0.6) is 0 Å². The number of quaternary nitrogens is 1. The normalized spacial score (nSPS) is 27.4. The molecule has 2 heterocycles. The van der Waals surface area contributed by atoms with E-state index in [0.29, 0.717) is 5.92 Å². The smallest absolute Gasteiger partial charge is 0.200 e. The number of anilines is 1. The van der Waals surface area contributed by atoms with E-state index in [2.05, 4.69) is 108 Å². The summed E-state index contributed by atoms with van der Waals surface area (Å²) in [5, 5.41) is 2.55. The van der Waals surface area contributed by atoms with Crippen molar-refractivity contribution in [1.29, 1.82) is 0 Å². The molecular weight excluding hydrogens is 372 g/mol. The number of para-hydroxylation sites is 1. The third-order valence-electron chi connectivity index (χ3n) is 6.04. The van der Waals surface area contributed by atoms with Crippen molar-refractivity contribution in [3.8, 4) is 0 Å². The number of hydrogen-bond acceptors (Lipinski definition) is 1. The summed E-state index contributed by atoms with van der Waals surface area (Å²) >= 11 is 3.52. The molecule has 0 aliphatic carbocycles. The predicted octanol–water partition coefficient (Wildman–Crippen LogP) is 4.17. The molecule has 2 aromatic carbocycles. The average molecular weight is 398 g/mol. The van der Waals surface area contributed by atoms with Crippen LogP contribution < -0.4 is 10.2 Å². The van der Waals surface area contributed by atoms with Crippen molar-refractivity contribution in [2.45, 2.75) is 31.8 Å². The fraction of sp³-hybridized carbons (Fsp3) is 0.364. The topological polar surface area (TPSA) is 19.9 Å². The van der Waals surface area contributed by atoms with Gasteiger partial charge in [-0.2, -0.15) is 0 Å². The number of halogens is 1. The van der Waals surface area contributed by atoms with Gasteiger partial charge in [0.05, 0.1) is 12.0 Å². The van der Waals surface area contributed by atoms with Gasteiger partial charge in [0.2, 0.25) is 5.66 Å².